The molecule has 230 valence electrons. The average Bonchev–Trinajstić information content (AvgIpc) is 2.97. The number of hydrogen-bond donors (Lipinski definition) is 6. The minimum Gasteiger partial charge on any atom is -0.399 e. The summed E-state index contributed by atoms with van der Waals surface area (Å²) in [4.78, 5) is 4.51. The Morgan fingerprint density at radius 1 is 0.429 bits per heavy atom. The van der Waals surface area contributed by atoms with Gasteiger partial charge >= 0.3 is 0 Å². The van der Waals surface area contributed by atoms with Gasteiger partial charge < -0.3 is 34.4 Å². The van der Waals surface area contributed by atoms with Crippen molar-refractivity contribution >= 4 is 87.5 Å². The Balaban J connectivity index is 0.000000621. The Hall–Kier alpha value is -1.90. The van der Waals surface area contributed by atoms with Gasteiger partial charge in [-0.05, 0) is 72.8 Å². The molecule has 0 aromatic heterocycles. The fraction of sp³-hybridized carbons (Fsp3) is 0.200. The highest BCUT2D eigenvalue weighted by molar-refractivity contribution is 8.77. The number of nitrogen functional groups attached to an aromatic ring is 4. The molecule has 0 atom stereocenters. The van der Waals surface area contributed by atoms with Gasteiger partial charge in [0, 0.05) is 66.9 Å². The van der Waals surface area contributed by atoms with Crippen LogP contribution in [0.5, 0.6) is 0 Å². The van der Waals surface area contributed by atoms with Crippen molar-refractivity contribution in [2.75, 3.05) is 47.5 Å². The first-order chi connectivity index (χ1) is 19.4. The van der Waals surface area contributed by atoms with Gasteiger partial charge in [-0.25, -0.2) is 0 Å². The summed E-state index contributed by atoms with van der Waals surface area (Å²) in [7, 11) is 10.2. The molecule has 12 heteroatoms. The van der Waals surface area contributed by atoms with E-state index in [1.807, 2.05) is 97.1 Å². The number of benzene rings is 4. The molecule has 4 aromatic carbocycles. The van der Waals surface area contributed by atoms with Crippen LogP contribution in [0.3, 0.4) is 0 Å². The van der Waals surface area contributed by atoms with Crippen molar-refractivity contribution in [3.05, 3.63) is 97.1 Å². The van der Waals surface area contributed by atoms with E-state index >= 15 is 0 Å². The summed E-state index contributed by atoms with van der Waals surface area (Å²) in [6, 6.07) is 31.3. The molecule has 0 amide bonds. The van der Waals surface area contributed by atoms with Gasteiger partial charge in [0.2, 0.25) is 0 Å². The quantitative estimate of drug-likeness (QED) is 0.0509. The van der Waals surface area contributed by atoms with E-state index in [0.717, 1.165) is 57.1 Å². The molecular formula is C30H44N6S6. The van der Waals surface area contributed by atoms with Crippen LogP contribution >= 0.6 is 64.8 Å². The number of para-hydroxylation sites is 2. The molecule has 0 spiro atoms. The zero-order chi connectivity index (χ0) is 29.0. The number of anilines is 4. The van der Waals surface area contributed by atoms with Crippen molar-refractivity contribution in [3.63, 3.8) is 0 Å². The molecule has 0 heterocycles. The fourth-order valence-corrected chi connectivity index (χ4v) is 8.43. The van der Waals surface area contributed by atoms with E-state index in [-0.39, 0.29) is 14.9 Å². The molecule has 12 N–H and O–H groups in total. The van der Waals surface area contributed by atoms with Gasteiger partial charge in [-0.15, -0.1) is 0 Å². The van der Waals surface area contributed by atoms with Gasteiger partial charge in [-0.1, -0.05) is 104 Å². The van der Waals surface area contributed by atoms with Crippen molar-refractivity contribution in [3.8, 4) is 0 Å². The average molecular weight is 681 g/mol. The van der Waals surface area contributed by atoms with E-state index in [9.17, 15) is 0 Å². The standard InChI is InChI=1S/2C12H12N2S2.C4H12N2S2.2CH4/c13-9-1-5-11(6-2-9)15-16-12-7-3-10(14)4-8-12;13-9-5-1-3-7-11(9)15-16-12-8-4-2-6-10(12)14;5-1-3-7-8-4-2-6;;/h2*1-8H,13-14H2;1-6H2;2*1H4. The summed E-state index contributed by atoms with van der Waals surface area (Å²) >= 11 is 0. The lowest BCUT2D eigenvalue weighted by molar-refractivity contribution is 1.15. The highest BCUT2D eigenvalue weighted by Gasteiger charge is 2.03. The summed E-state index contributed by atoms with van der Waals surface area (Å²) in [5.41, 5.74) is 36.6. The first-order valence-electron chi connectivity index (χ1n) is 12.2. The van der Waals surface area contributed by atoms with Gasteiger partial charge in [0.05, 0.1) is 0 Å². The predicted molar refractivity (Wildman–Crippen MR) is 203 cm³/mol. The Morgan fingerprint density at radius 2 is 0.762 bits per heavy atom. The largest absolute Gasteiger partial charge is 0.399 e. The summed E-state index contributed by atoms with van der Waals surface area (Å²) < 4.78 is 0. The van der Waals surface area contributed by atoms with E-state index in [0.29, 0.717) is 0 Å². The molecule has 6 nitrogen and oxygen atoms in total. The zero-order valence-electron chi connectivity index (χ0n) is 22.0. The van der Waals surface area contributed by atoms with Gasteiger partial charge in [-0.3, -0.25) is 0 Å². The molecule has 0 saturated carbocycles. The second-order valence-corrected chi connectivity index (χ2v) is 15.0. The van der Waals surface area contributed by atoms with E-state index in [1.54, 1.807) is 64.8 Å². The first-order valence-corrected chi connectivity index (χ1v) is 19.0. The minimum atomic E-state index is 0. The lowest BCUT2D eigenvalue weighted by Crippen LogP contribution is -2.02. The molecule has 0 aliphatic carbocycles. The van der Waals surface area contributed by atoms with Crippen LogP contribution < -0.4 is 34.4 Å². The third-order valence-electron chi connectivity index (χ3n) is 4.54. The number of hydrogen-bond acceptors (Lipinski definition) is 12. The fourth-order valence-electron chi connectivity index (χ4n) is 2.56. The minimum absolute atomic E-state index is 0. The lowest BCUT2D eigenvalue weighted by atomic mass is 10.3. The lowest BCUT2D eigenvalue weighted by Gasteiger charge is -2.05. The molecule has 0 aliphatic rings. The smallest absolute Gasteiger partial charge is 0.0461 e. The van der Waals surface area contributed by atoms with Crippen LogP contribution in [-0.4, -0.2) is 24.6 Å². The van der Waals surface area contributed by atoms with Crippen LogP contribution in [-0.2, 0) is 0 Å². The second-order valence-electron chi connectivity index (χ2n) is 7.77. The highest BCUT2D eigenvalue weighted by Crippen LogP contribution is 2.42. The SMILES string of the molecule is C.C.NCCSSCCN.Nc1ccc(SSc2ccc(N)cc2)cc1.Nc1ccccc1SSc1ccccc1N. The zero-order valence-corrected chi connectivity index (χ0v) is 26.9. The molecule has 0 bridgehead atoms. The van der Waals surface area contributed by atoms with Crippen LogP contribution in [0.2, 0.25) is 0 Å². The van der Waals surface area contributed by atoms with Crippen LogP contribution in [0, 0.1) is 0 Å². The molecule has 0 fully saturated rings. The highest BCUT2D eigenvalue weighted by atomic mass is 33.1. The van der Waals surface area contributed by atoms with Gasteiger partial charge in [-0.2, -0.15) is 0 Å². The predicted octanol–water partition coefficient (Wildman–Crippen LogP) is 8.86. The van der Waals surface area contributed by atoms with Crippen molar-refractivity contribution in [2.24, 2.45) is 11.5 Å². The molecule has 0 unspecified atom stereocenters. The Kier molecular flexibility index (Phi) is 23.4. The van der Waals surface area contributed by atoms with Gasteiger partial charge in [0.15, 0.2) is 0 Å². The van der Waals surface area contributed by atoms with Crippen molar-refractivity contribution < 1.29 is 0 Å². The maximum atomic E-state index is 5.86. The Labute approximate surface area is 276 Å². The van der Waals surface area contributed by atoms with E-state index < -0.39 is 0 Å². The summed E-state index contributed by atoms with van der Waals surface area (Å²) in [6.07, 6.45) is 0. The molecule has 0 saturated heterocycles. The molecule has 0 aliphatic heterocycles. The maximum absolute atomic E-state index is 5.86. The van der Waals surface area contributed by atoms with E-state index in [2.05, 4.69) is 0 Å². The third kappa shape index (κ3) is 17.3. The monoisotopic (exact) mass is 680 g/mol. The molecule has 0 radical (unpaired) electrons. The van der Waals surface area contributed by atoms with Crippen molar-refractivity contribution in [1.82, 2.24) is 0 Å². The molecule has 4 aromatic rings. The Bertz CT molecular complexity index is 1130. The van der Waals surface area contributed by atoms with Gasteiger partial charge in [0.1, 0.15) is 0 Å². The van der Waals surface area contributed by atoms with Crippen LogP contribution in [0.15, 0.2) is 117 Å². The first kappa shape index (κ1) is 40.1. The van der Waals surface area contributed by atoms with Crippen LogP contribution in [0.4, 0.5) is 22.7 Å². The summed E-state index contributed by atoms with van der Waals surface area (Å²) in [5, 5.41) is 0. The number of nitrogens with two attached hydrogens (primary N) is 6. The van der Waals surface area contributed by atoms with Crippen LogP contribution in [0.1, 0.15) is 14.9 Å². The van der Waals surface area contributed by atoms with Crippen molar-refractivity contribution in [2.45, 2.75) is 34.4 Å². The molecular weight excluding hydrogens is 637 g/mol. The maximum Gasteiger partial charge on any atom is 0.0461 e. The molecule has 42 heavy (non-hydrogen) atoms. The van der Waals surface area contributed by atoms with E-state index in [1.165, 1.54) is 9.79 Å². The molecule has 4 rings (SSSR count). The normalized spacial score (nSPS) is 9.67. The third-order valence-corrected chi connectivity index (χ3v) is 11.9. The van der Waals surface area contributed by atoms with Crippen molar-refractivity contribution in [1.29, 1.82) is 0 Å². The topological polar surface area (TPSA) is 156 Å². The van der Waals surface area contributed by atoms with Crippen LogP contribution in [0.25, 0.3) is 0 Å². The van der Waals surface area contributed by atoms with E-state index in [4.69, 9.17) is 34.4 Å². The Morgan fingerprint density at radius 3 is 1.07 bits per heavy atom. The van der Waals surface area contributed by atoms with Gasteiger partial charge in [0.25, 0.3) is 0 Å². The number of rotatable bonds is 11. The summed E-state index contributed by atoms with van der Waals surface area (Å²) in [6.45, 7) is 1.53. The summed E-state index contributed by atoms with van der Waals surface area (Å²) in [5.74, 6) is 2.06. The second kappa shape index (κ2) is 24.5.